The highest BCUT2D eigenvalue weighted by molar-refractivity contribution is 7.14. The zero-order valence-corrected chi connectivity index (χ0v) is 16.5. The number of rotatable bonds is 8. The number of thiophene rings is 1. The van der Waals surface area contributed by atoms with E-state index in [2.05, 4.69) is 4.99 Å². The minimum atomic E-state index is 0.112. The highest BCUT2D eigenvalue weighted by Gasteiger charge is 2.17. The van der Waals surface area contributed by atoms with E-state index in [9.17, 15) is 4.79 Å². The van der Waals surface area contributed by atoms with Crippen molar-refractivity contribution in [1.29, 1.82) is 0 Å². The van der Waals surface area contributed by atoms with Crippen LogP contribution in [-0.2, 0) is 4.74 Å². The molecule has 0 bridgehead atoms. The number of halogens is 1. The topological polar surface area (TPSA) is 47.9 Å². The lowest BCUT2D eigenvalue weighted by molar-refractivity contribution is 0.0981. The Kier molecular flexibility index (Phi) is 6.33. The minimum Gasteiger partial charge on any atom is -0.492 e. The van der Waals surface area contributed by atoms with Gasteiger partial charge >= 0.3 is 0 Å². The van der Waals surface area contributed by atoms with Gasteiger partial charge in [-0.25, -0.2) is 4.99 Å². The van der Waals surface area contributed by atoms with Crippen LogP contribution in [0.2, 0.25) is 5.02 Å². The van der Waals surface area contributed by atoms with Crippen molar-refractivity contribution >= 4 is 34.6 Å². The number of unbranched alkanes of at least 4 members (excludes halogenated alkanes) is 1. The van der Waals surface area contributed by atoms with E-state index in [1.807, 2.05) is 44.2 Å². The van der Waals surface area contributed by atoms with Gasteiger partial charge in [0.1, 0.15) is 11.9 Å². The average Bonchev–Trinajstić information content (AvgIpc) is 3.24. The second-order valence-corrected chi connectivity index (χ2v) is 8.05. The van der Waals surface area contributed by atoms with Crippen LogP contribution < -0.4 is 4.74 Å². The second-order valence-electron chi connectivity index (χ2n) is 6.36. The van der Waals surface area contributed by atoms with E-state index in [4.69, 9.17) is 21.1 Å². The molecular formula is C20H22ClNO3S. The maximum Gasteiger partial charge on any atom is 0.216 e. The summed E-state index contributed by atoms with van der Waals surface area (Å²) >= 11 is 7.85. The number of carbonyl (C=O) groups is 1. The van der Waals surface area contributed by atoms with Gasteiger partial charge in [0.15, 0.2) is 5.78 Å². The summed E-state index contributed by atoms with van der Waals surface area (Å²) in [6.07, 6.45) is 2.27. The Morgan fingerprint density at radius 1 is 1.35 bits per heavy atom. The third-order valence-corrected chi connectivity index (χ3v) is 5.39. The molecule has 3 rings (SSSR count). The number of hydrogen-bond donors (Lipinski definition) is 0. The fourth-order valence-electron chi connectivity index (χ4n) is 2.66. The number of benzene rings is 1. The fraction of sp³-hybridized carbons (Fsp3) is 0.400. The molecule has 26 heavy (non-hydrogen) atoms. The average molecular weight is 392 g/mol. The van der Waals surface area contributed by atoms with Crippen LogP contribution in [0.15, 0.2) is 35.3 Å². The molecule has 0 spiro atoms. The Balaban J connectivity index is 1.43. The summed E-state index contributed by atoms with van der Waals surface area (Å²) in [6, 6.07) is 9.44. The lowest BCUT2D eigenvalue weighted by Crippen LogP contribution is -2.08. The molecule has 1 aliphatic heterocycles. The van der Waals surface area contributed by atoms with Gasteiger partial charge in [-0.15, -0.1) is 11.3 Å². The molecule has 0 saturated heterocycles. The standard InChI is InChI=1S/C20H22ClNO3S/c1-13-12-22-20(25-13)15-7-8-18(16(21)11-15)24-10-4-3-5-17(23)19-9-6-14(2)26-19/h6-9,11,13H,3-5,10,12H2,1-2H3. The first-order valence-corrected chi connectivity index (χ1v) is 9.96. The molecule has 4 nitrogen and oxygen atoms in total. The zero-order chi connectivity index (χ0) is 18.5. The lowest BCUT2D eigenvalue weighted by atomic mass is 10.1. The minimum absolute atomic E-state index is 0.112. The summed E-state index contributed by atoms with van der Waals surface area (Å²) in [4.78, 5) is 18.4. The van der Waals surface area contributed by atoms with Crippen molar-refractivity contribution in [2.24, 2.45) is 4.99 Å². The van der Waals surface area contributed by atoms with Gasteiger partial charge in [-0.2, -0.15) is 0 Å². The van der Waals surface area contributed by atoms with Crippen molar-refractivity contribution in [2.45, 2.75) is 39.2 Å². The Hall–Kier alpha value is -1.85. The molecule has 138 valence electrons. The number of carbonyl (C=O) groups excluding carboxylic acids is 1. The molecule has 1 aromatic carbocycles. The van der Waals surface area contributed by atoms with E-state index in [1.54, 1.807) is 11.3 Å². The van der Waals surface area contributed by atoms with E-state index in [1.165, 1.54) is 0 Å². The molecule has 2 aromatic rings. The Bertz CT molecular complexity index is 815. The number of ketones is 1. The third kappa shape index (κ3) is 4.86. The summed E-state index contributed by atoms with van der Waals surface area (Å²) < 4.78 is 11.4. The third-order valence-electron chi connectivity index (χ3n) is 4.05. The first-order chi connectivity index (χ1) is 12.5. The zero-order valence-electron chi connectivity index (χ0n) is 15.0. The number of ether oxygens (including phenoxy) is 2. The van der Waals surface area contributed by atoms with Crippen LogP contribution in [0.4, 0.5) is 0 Å². The SMILES string of the molecule is Cc1ccc(C(=O)CCCCOc2ccc(C3=NCC(C)O3)cc2Cl)s1. The van der Waals surface area contributed by atoms with Gasteiger partial charge in [-0.05, 0) is 57.0 Å². The van der Waals surface area contributed by atoms with Gasteiger partial charge in [0, 0.05) is 16.9 Å². The monoisotopic (exact) mass is 391 g/mol. The van der Waals surface area contributed by atoms with Gasteiger partial charge in [-0.1, -0.05) is 11.6 Å². The van der Waals surface area contributed by atoms with Crippen LogP contribution in [0.1, 0.15) is 46.3 Å². The number of Topliss-reactive ketones (excluding diaryl/α,β-unsaturated/α-hetero) is 1. The molecule has 1 unspecified atom stereocenters. The molecule has 1 aliphatic rings. The highest BCUT2D eigenvalue weighted by atomic mass is 35.5. The predicted octanol–water partition coefficient (Wildman–Crippen LogP) is 5.31. The van der Waals surface area contributed by atoms with Crippen molar-refractivity contribution in [3.8, 4) is 5.75 Å². The van der Waals surface area contributed by atoms with Gasteiger partial charge in [0.2, 0.25) is 5.90 Å². The summed E-state index contributed by atoms with van der Waals surface area (Å²) in [5.41, 5.74) is 0.864. The van der Waals surface area contributed by atoms with Crippen LogP contribution in [-0.4, -0.2) is 30.9 Å². The van der Waals surface area contributed by atoms with Crippen LogP contribution >= 0.6 is 22.9 Å². The summed E-state index contributed by atoms with van der Waals surface area (Å²) in [5, 5.41) is 0.540. The van der Waals surface area contributed by atoms with E-state index in [0.29, 0.717) is 36.2 Å². The molecule has 0 radical (unpaired) electrons. The Morgan fingerprint density at radius 3 is 2.85 bits per heavy atom. The molecule has 0 amide bonds. The van der Waals surface area contributed by atoms with E-state index in [-0.39, 0.29) is 11.9 Å². The first kappa shape index (κ1) is 18.9. The van der Waals surface area contributed by atoms with Crippen molar-refractivity contribution in [3.05, 3.63) is 50.7 Å². The van der Waals surface area contributed by atoms with Crippen LogP contribution in [0.25, 0.3) is 0 Å². The summed E-state index contributed by atoms with van der Waals surface area (Å²) in [6.45, 7) is 5.20. The second kappa shape index (κ2) is 8.69. The number of nitrogens with zero attached hydrogens (tertiary/aromatic N) is 1. The van der Waals surface area contributed by atoms with E-state index < -0.39 is 0 Å². The lowest BCUT2D eigenvalue weighted by Gasteiger charge is -2.10. The quantitative estimate of drug-likeness (QED) is 0.452. The molecule has 1 aromatic heterocycles. The van der Waals surface area contributed by atoms with Gasteiger partial charge in [0.25, 0.3) is 0 Å². The normalized spacial score (nSPS) is 16.3. The van der Waals surface area contributed by atoms with Crippen molar-refractivity contribution in [1.82, 2.24) is 0 Å². The van der Waals surface area contributed by atoms with Crippen molar-refractivity contribution in [3.63, 3.8) is 0 Å². The van der Waals surface area contributed by atoms with Crippen LogP contribution in [0.3, 0.4) is 0 Å². The van der Waals surface area contributed by atoms with Gasteiger partial charge < -0.3 is 9.47 Å². The number of hydrogen-bond acceptors (Lipinski definition) is 5. The van der Waals surface area contributed by atoms with Crippen LogP contribution in [0, 0.1) is 6.92 Å². The van der Waals surface area contributed by atoms with Gasteiger partial charge in [0.05, 0.1) is 23.1 Å². The molecule has 0 aliphatic carbocycles. The van der Waals surface area contributed by atoms with Crippen LogP contribution in [0.5, 0.6) is 5.75 Å². The number of aryl methyl sites for hydroxylation is 1. The fourth-order valence-corrected chi connectivity index (χ4v) is 3.73. The summed E-state index contributed by atoms with van der Waals surface area (Å²) in [7, 11) is 0. The molecule has 2 heterocycles. The summed E-state index contributed by atoms with van der Waals surface area (Å²) in [5.74, 6) is 1.48. The first-order valence-electron chi connectivity index (χ1n) is 8.76. The maximum atomic E-state index is 12.1. The highest BCUT2D eigenvalue weighted by Crippen LogP contribution is 2.27. The smallest absolute Gasteiger partial charge is 0.216 e. The van der Waals surface area contributed by atoms with Crippen molar-refractivity contribution in [2.75, 3.05) is 13.2 Å². The molecular weight excluding hydrogens is 370 g/mol. The maximum absolute atomic E-state index is 12.1. The molecule has 0 N–H and O–H groups in total. The molecule has 6 heteroatoms. The molecule has 0 fully saturated rings. The predicted molar refractivity (Wildman–Crippen MR) is 106 cm³/mol. The van der Waals surface area contributed by atoms with Gasteiger partial charge in [-0.3, -0.25) is 4.79 Å². The Labute approximate surface area is 162 Å². The Morgan fingerprint density at radius 2 is 2.19 bits per heavy atom. The van der Waals surface area contributed by atoms with E-state index in [0.717, 1.165) is 28.2 Å². The van der Waals surface area contributed by atoms with E-state index >= 15 is 0 Å². The molecule has 1 atom stereocenters. The molecule has 0 saturated carbocycles. The number of aliphatic imine (C=N–C) groups is 1. The largest absolute Gasteiger partial charge is 0.492 e. The van der Waals surface area contributed by atoms with Crippen molar-refractivity contribution < 1.29 is 14.3 Å².